The molecule has 30 heavy (non-hydrogen) atoms. The summed E-state index contributed by atoms with van der Waals surface area (Å²) < 4.78 is 1.27. The largest absolute Gasteiger partial charge is 0.347 e. The fraction of sp³-hybridized carbons (Fsp3) is 0.208. The van der Waals surface area contributed by atoms with E-state index in [1.165, 1.54) is 4.68 Å². The zero-order chi connectivity index (χ0) is 21.1. The van der Waals surface area contributed by atoms with Crippen LogP contribution in [-0.2, 0) is 11.3 Å². The highest BCUT2D eigenvalue weighted by Gasteiger charge is 2.20. The van der Waals surface area contributed by atoms with Crippen LogP contribution in [0.1, 0.15) is 25.5 Å². The van der Waals surface area contributed by atoms with Crippen LogP contribution in [0.3, 0.4) is 0 Å². The van der Waals surface area contributed by atoms with Crippen molar-refractivity contribution in [1.29, 1.82) is 0 Å². The summed E-state index contributed by atoms with van der Waals surface area (Å²) in [5, 5.41) is 11.0. The Kier molecular flexibility index (Phi) is 5.77. The van der Waals surface area contributed by atoms with Gasteiger partial charge in [0.15, 0.2) is 0 Å². The molecule has 2 heterocycles. The van der Waals surface area contributed by atoms with Crippen LogP contribution in [0.4, 0.5) is 0 Å². The number of nitrogens with one attached hydrogen (secondary N) is 1. The molecular weight excluding hydrogens is 394 g/mol. The fourth-order valence-electron chi connectivity index (χ4n) is 3.59. The molecule has 0 saturated carbocycles. The topological polar surface area (TPSA) is 64.0 Å². The number of carbonyl (C=O) groups is 1. The Morgan fingerprint density at radius 3 is 2.37 bits per heavy atom. The number of rotatable bonds is 6. The van der Waals surface area contributed by atoms with Crippen LogP contribution < -0.4 is 10.9 Å². The molecule has 0 radical (unpaired) electrons. The molecule has 1 N–H and O–H groups in total. The molecule has 5 nitrogen and oxygen atoms in total. The van der Waals surface area contributed by atoms with E-state index in [2.05, 4.69) is 24.3 Å². The summed E-state index contributed by atoms with van der Waals surface area (Å²) in [5.74, 6) is -0.0288. The van der Waals surface area contributed by atoms with Crippen molar-refractivity contribution in [2.24, 2.45) is 5.92 Å². The van der Waals surface area contributed by atoms with Gasteiger partial charge < -0.3 is 5.32 Å². The fourth-order valence-corrected chi connectivity index (χ4v) is 4.31. The van der Waals surface area contributed by atoms with Crippen molar-refractivity contribution >= 4 is 28.0 Å². The number of carbonyl (C=O) groups excluding carboxylic acids is 1. The Bertz CT molecular complexity index is 1210. The minimum absolute atomic E-state index is 0.127. The Balaban J connectivity index is 1.67. The predicted molar refractivity (Wildman–Crippen MR) is 121 cm³/mol. The maximum absolute atomic E-state index is 13.0. The SMILES string of the molecule is CC(C)[C@H](NC(=O)Cn1nc(-c2cccs2)c2ccccc2c1=O)c1ccccc1. The zero-order valence-electron chi connectivity index (χ0n) is 16.9. The second-order valence-corrected chi connectivity index (χ2v) is 8.48. The Labute approximate surface area is 179 Å². The second-order valence-electron chi connectivity index (χ2n) is 7.53. The van der Waals surface area contributed by atoms with E-state index in [9.17, 15) is 9.59 Å². The molecule has 0 spiro atoms. The van der Waals surface area contributed by atoms with Gasteiger partial charge in [-0.3, -0.25) is 9.59 Å². The minimum Gasteiger partial charge on any atom is -0.347 e. The van der Waals surface area contributed by atoms with Crippen molar-refractivity contribution in [3.05, 3.63) is 88.0 Å². The van der Waals surface area contributed by atoms with Crippen LogP contribution in [0.5, 0.6) is 0 Å². The normalized spacial score (nSPS) is 12.2. The number of hydrogen-bond acceptors (Lipinski definition) is 4. The van der Waals surface area contributed by atoms with Crippen molar-refractivity contribution in [1.82, 2.24) is 15.1 Å². The standard InChI is InChI=1S/C24H23N3O2S/c1-16(2)22(17-9-4-3-5-10-17)25-21(28)15-27-24(29)19-12-7-6-11-18(19)23(26-27)20-13-8-14-30-20/h3-14,16,22H,15H2,1-2H3,(H,25,28)/t22-/m0/s1. The van der Waals surface area contributed by atoms with E-state index in [0.717, 1.165) is 21.5 Å². The summed E-state index contributed by atoms with van der Waals surface area (Å²) in [5.41, 5.74) is 1.50. The first kappa shape index (κ1) is 20.0. The quantitative estimate of drug-likeness (QED) is 0.497. The number of hydrogen-bond donors (Lipinski definition) is 1. The lowest BCUT2D eigenvalue weighted by Crippen LogP contribution is -2.37. The first-order valence-corrected chi connectivity index (χ1v) is 10.8. The first-order valence-electron chi connectivity index (χ1n) is 9.92. The van der Waals surface area contributed by atoms with Gasteiger partial charge in [0.1, 0.15) is 12.2 Å². The zero-order valence-corrected chi connectivity index (χ0v) is 17.7. The van der Waals surface area contributed by atoms with Crippen LogP contribution in [0, 0.1) is 5.92 Å². The summed E-state index contributed by atoms with van der Waals surface area (Å²) in [7, 11) is 0. The molecule has 0 saturated heterocycles. The molecule has 2 aromatic carbocycles. The van der Waals surface area contributed by atoms with Gasteiger partial charge in [0, 0.05) is 5.39 Å². The number of thiophene rings is 1. The molecule has 0 unspecified atom stereocenters. The summed E-state index contributed by atoms with van der Waals surface area (Å²) >= 11 is 1.56. The van der Waals surface area contributed by atoms with Crippen molar-refractivity contribution in [3.8, 4) is 10.6 Å². The lowest BCUT2D eigenvalue weighted by molar-refractivity contribution is -0.123. The van der Waals surface area contributed by atoms with E-state index < -0.39 is 0 Å². The molecule has 4 aromatic rings. The molecule has 152 valence electrons. The smallest absolute Gasteiger partial charge is 0.275 e. The molecule has 4 rings (SSSR count). The molecule has 0 aliphatic carbocycles. The van der Waals surface area contributed by atoms with Crippen molar-refractivity contribution < 1.29 is 4.79 Å². The van der Waals surface area contributed by atoms with Crippen LogP contribution in [0.25, 0.3) is 21.3 Å². The molecule has 1 amide bonds. The maximum atomic E-state index is 13.0. The summed E-state index contributed by atoms with van der Waals surface area (Å²) in [6, 6.07) is 21.1. The van der Waals surface area contributed by atoms with Gasteiger partial charge in [-0.05, 0) is 29.0 Å². The van der Waals surface area contributed by atoms with Crippen LogP contribution in [-0.4, -0.2) is 15.7 Å². The third kappa shape index (κ3) is 4.04. The van der Waals surface area contributed by atoms with E-state index in [-0.39, 0.29) is 30.0 Å². The lowest BCUT2D eigenvalue weighted by Gasteiger charge is -2.23. The molecule has 0 fully saturated rings. The highest BCUT2D eigenvalue weighted by atomic mass is 32.1. The molecule has 0 aliphatic heterocycles. The molecular formula is C24H23N3O2S. The highest BCUT2D eigenvalue weighted by Crippen LogP contribution is 2.28. The average Bonchev–Trinajstić information content (AvgIpc) is 3.29. The number of fused-ring (bicyclic) bond motifs is 1. The molecule has 0 bridgehead atoms. The second kappa shape index (κ2) is 8.63. The van der Waals surface area contributed by atoms with E-state index in [4.69, 9.17) is 0 Å². The van der Waals surface area contributed by atoms with E-state index in [1.807, 2.05) is 66.0 Å². The highest BCUT2D eigenvalue weighted by molar-refractivity contribution is 7.13. The maximum Gasteiger partial charge on any atom is 0.275 e. The van der Waals surface area contributed by atoms with Crippen molar-refractivity contribution in [3.63, 3.8) is 0 Å². The Hall–Kier alpha value is -3.25. The van der Waals surface area contributed by atoms with Gasteiger partial charge in [0.25, 0.3) is 5.56 Å². The molecule has 1 atom stereocenters. The van der Waals surface area contributed by atoms with Crippen molar-refractivity contribution in [2.45, 2.75) is 26.4 Å². The summed E-state index contributed by atoms with van der Waals surface area (Å²) in [4.78, 5) is 26.8. The first-order chi connectivity index (χ1) is 14.5. The monoisotopic (exact) mass is 417 g/mol. The predicted octanol–water partition coefficient (Wildman–Crippen LogP) is 4.64. The Morgan fingerprint density at radius 1 is 1.00 bits per heavy atom. The number of nitrogens with zero attached hydrogens (tertiary/aromatic N) is 2. The van der Waals surface area contributed by atoms with Gasteiger partial charge in [0.2, 0.25) is 5.91 Å². The van der Waals surface area contributed by atoms with Crippen LogP contribution in [0.2, 0.25) is 0 Å². The van der Waals surface area contributed by atoms with E-state index in [0.29, 0.717) is 5.39 Å². The van der Waals surface area contributed by atoms with E-state index >= 15 is 0 Å². The van der Waals surface area contributed by atoms with Gasteiger partial charge in [-0.2, -0.15) is 5.10 Å². The number of benzene rings is 2. The van der Waals surface area contributed by atoms with Crippen LogP contribution >= 0.6 is 11.3 Å². The van der Waals surface area contributed by atoms with E-state index in [1.54, 1.807) is 17.4 Å². The molecule has 6 heteroatoms. The molecule has 0 aliphatic rings. The average molecular weight is 418 g/mol. The summed E-state index contributed by atoms with van der Waals surface area (Å²) in [6.45, 7) is 4.00. The van der Waals surface area contributed by atoms with Gasteiger partial charge in [0.05, 0.1) is 16.3 Å². The van der Waals surface area contributed by atoms with Gasteiger partial charge in [-0.15, -0.1) is 11.3 Å². The van der Waals surface area contributed by atoms with Crippen LogP contribution in [0.15, 0.2) is 76.9 Å². The third-order valence-electron chi connectivity index (χ3n) is 5.06. The number of amides is 1. The third-order valence-corrected chi connectivity index (χ3v) is 5.93. The van der Waals surface area contributed by atoms with Gasteiger partial charge >= 0.3 is 0 Å². The lowest BCUT2D eigenvalue weighted by atomic mass is 9.96. The van der Waals surface area contributed by atoms with Gasteiger partial charge in [-0.25, -0.2) is 4.68 Å². The Morgan fingerprint density at radius 2 is 1.70 bits per heavy atom. The van der Waals surface area contributed by atoms with Gasteiger partial charge in [-0.1, -0.05) is 68.4 Å². The summed E-state index contributed by atoms with van der Waals surface area (Å²) in [6.07, 6.45) is 0. The molecule has 2 aromatic heterocycles. The van der Waals surface area contributed by atoms with Crippen molar-refractivity contribution in [2.75, 3.05) is 0 Å². The minimum atomic E-state index is -0.262. The number of aromatic nitrogens is 2.